The summed E-state index contributed by atoms with van der Waals surface area (Å²) in [6.07, 6.45) is 2.06. The van der Waals surface area contributed by atoms with E-state index < -0.39 is 0 Å². The predicted molar refractivity (Wildman–Crippen MR) is 87.5 cm³/mol. The zero-order valence-corrected chi connectivity index (χ0v) is 13.0. The number of nitrogen functional groups attached to an aromatic ring is 1. The van der Waals surface area contributed by atoms with Crippen molar-refractivity contribution in [3.63, 3.8) is 0 Å². The first-order valence-corrected chi connectivity index (χ1v) is 8.11. The van der Waals surface area contributed by atoms with E-state index in [0.29, 0.717) is 11.4 Å². The Morgan fingerprint density at radius 1 is 1.05 bits per heavy atom. The molecule has 3 nitrogen and oxygen atoms in total. The number of benzene rings is 2. The number of nitrogens with two attached hydrogens (primary N) is 1. The van der Waals surface area contributed by atoms with Crippen LogP contribution in [0, 0.1) is 0 Å². The molecule has 0 spiro atoms. The van der Waals surface area contributed by atoms with Crippen molar-refractivity contribution in [3.05, 3.63) is 42.5 Å². The van der Waals surface area contributed by atoms with Gasteiger partial charge in [0, 0.05) is 21.6 Å². The van der Waals surface area contributed by atoms with Crippen LogP contribution in [0.15, 0.2) is 57.2 Å². The average molecular weight is 304 g/mol. The highest BCUT2D eigenvalue weighted by atomic mass is 32.2. The van der Waals surface area contributed by atoms with E-state index in [1.165, 1.54) is 11.8 Å². The molecule has 104 valence electrons. The molecule has 0 fully saturated rings. The highest BCUT2D eigenvalue weighted by molar-refractivity contribution is 7.99. The van der Waals surface area contributed by atoms with Gasteiger partial charge in [-0.3, -0.25) is 4.79 Å². The van der Waals surface area contributed by atoms with Gasteiger partial charge in [0.05, 0.1) is 11.4 Å². The number of hydrogen-bond donors (Lipinski definition) is 2. The first-order valence-electron chi connectivity index (χ1n) is 6.07. The van der Waals surface area contributed by atoms with Crippen LogP contribution in [0.4, 0.5) is 11.4 Å². The van der Waals surface area contributed by atoms with E-state index in [4.69, 9.17) is 5.73 Å². The molecule has 5 heteroatoms. The van der Waals surface area contributed by atoms with Gasteiger partial charge in [-0.15, -0.1) is 11.8 Å². The molecule has 0 aromatic heterocycles. The number of anilines is 2. The SMILES string of the molecule is CSc1ccc(Sc2ccc(N)c(NC(C)=O)c2)cc1. The van der Waals surface area contributed by atoms with Crippen LogP contribution >= 0.6 is 23.5 Å². The summed E-state index contributed by atoms with van der Waals surface area (Å²) in [5, 5.41) is 2.74. The lowest BCUT2D eigenvalue weighted by Gasteiger charge is -2.09. The molecule has 0 bridgehead atoms. The summed E-state index contributed by atoms with van der Waals surface area (Å²) in [6.45, 7) is 1.47. The minimum Gasteiger partial charge on any atom is -0.397 e. The first-order chi connectivity index (χ1) is 9.58. The number of thioether (sulfide) groups is 1. The molecular weight excluding hydrogens is 288 g/mol. The van der Waals surface area contributed by atoms with Crippen LogP contribution < -0.4 is 11.1 Å². The van der Waals surface area contributed by atoms with E-state index in [1.807, 2.05) is 18.2 Å². The van der Waals surface area contributed by atoms with E-state index in [9.17, 15) is 4.79 Å². The largest absolute Gasteiger partial charge is 0.397 e. The second-order valence-electron chi connectivity index (χ2n) is 4.21. The lowest BCUT2D eigenvalue weighted by atomic mass is 10.2. The van der Waals surface area contributed by atoms with E-state index in [2.05, 4.69) is 35.8 Å². The lowest BCUT2D eigenvalue weighted by Crippen LogP contribution is -2.07. The smallest absolute Gasteiger partial charge is 0.221 e. The van der Waals surface area contributed by atoms with Crippen molar-refractivity contribution in [2.45, 2.75) is 21.6 Å². The van der Waals surface area contributed by atoms with Crippen LogP contribution in [0.3, 0.4) is 0 Å². The molecule has 0 aliphatic carbocycles. The summed E-state index contributed by atoms with van der Waals surface area (Å²) in [5.41, 5.74) is 7.07. The molecule has 3 N–H and O–H groups in total. The molecule has 0 saturated heterocycles. The molecule has 20 heavy (non-hydrogen) atoms. The summed E-state index contributed by atoms with van der Waals surface area (Å²) in [4.78, 5) is 14.6. The van der Waals surface area contributed by atoms with Gasteiger partial charge in [-0.1, -0.05) is 11.8 Å². The van der Waals surface area contributed by atoms with Crippen LogP contribution in [0.1, 0.15) is 6.92 Å². The molecule has 2 rings (SSSR count). The number of rotatable bonds is 4. The fourth-order valence-corrected chi connectivity index (χ4v) is 2.94. The Labute approximate surface area is 127 Å². The second-order valence-corrected chi connectivity index (χ2v) is 6.23. The van der Waals surface area contributed by atoms with Crippen LogP contribution in [0.2, 0.25) is 0 Å². The maximum Gasteiger partial charge on any atom is 0.221 e. The Kier molecular flexibility index (Phi) is 4.98. The van der Waals surface area contributed by atoms with Gasteiger partial charge in [-0.25, -0.2) is 0 Å². The van der Waals surface area contributed by atoms with E-state index in [0.717, 1.165) is 9.79 Å². The third kappa shape index (κ3) is 3.95. The topological polar surface area (TPSA) is 55.1 Å². The van der Waals surface area contributed by atoms with Crippen molar-refractivity contribution in [1.82, 2.24) is 0 Å². The van der Waals surface area contributed by atoms with Crippen molar-refractivity contribution in [2.24, 2.45) is 0 Å². The minimum atomic E-state index is -0.122. The number of amides is 1. The van der Waals surface area contributed by atoms with Crippen molar-refractivity contribution >= 4 is 40.8 Å². The molecule has 2 aromatic rings. The van der Waals surface area contributed by atoms with Crippen LogP contribution in [0.5, 0.6) is 0 Å². The molecule has 0 unspecified atom stereocenters. The summed E-state index contributed by atoms with van der Waals surface area (Å²) in [5.74, 6) is -0.122. The number of hydrogen-bond acceptors (Lipinski definition) is 4. The molecule has 0 saturated carbocycles. The lowest BCUT2D eigenvalue weighted by molar-refractivity contribution is -0.114. The molecule has 1 amide bonds. The zero-order chi connectivity index (χ0) is 14.5. The molecule has 0 aliphatic rings. The number of carbonyl (C=O) groups excluding carboxylic acids is 1. The highest BCUT2D eigenvalue weighted by Crippen LogP contribution is 2.32. The van der Waals surface area contributed by atoms with Gasteiger partial charge in [0.2, 0.25) is 5.91 Å². The van der Waals surface area contributed by atoms with Crippen molar-refractivity contribution < 1.29 is 4.79 Å². The molecular formula is C15H16N2OS2. The van der Waals surface area contributed by atoms with Gasteiger partial charge in [0.1, 0.15) is 0 Å². The monoisotopic (exact) mass is 304 g/mol. The molecule has 0 heterocycles. The van der Waals surface area contributed by atoms with Crippen LogP contribution in [-0.2, 0) is 4.79 Å². The quantitative estimate of drug-likeness (QED) is 0.659. The Balaban J connectivity index is 2.18. The van der Waals surface area contributed by atoms with Crippen molar-refractivity contribution in [2.75, 3.05) is 17.3 Å². The molecule has 0 radical (unpaired) electrons. The van der Waals surface area contributed by atoms with Gasteiger partial charge in [0.15, 0.2) is 0 Å². The molecule has 0 atom stereocenters. The van der Waals surface area contributed by atoms with Gasteiger partial charge >= 0.3 is 0 Å². The average Bonchev–Trinajstić information content (AvgIpc) is 2.43. The summed E-state index contributed by atoms with van der Waals surface area (Å²) in [7, 11) is 0. The van der Waals surface area contributed by atoms with E-state index in [-0.39, 0.29) is 5.91 Å². The Morgan fingerprint density at radius 2 is 1.65 bits per heavy atom. The van der Waals surface area contributed by atoms with Gasteiger partial charge in [-0.05, 0) is 48.7 Å². The normalized spacial score (nSPS) is 10.3. The standard InChI is InChI=1S/C15H16N2OS2/c1-10(18)17-15-9-13(7-8-14(15)16)20-12-5-3-11(19-2)4-6-12/h3-9H,16H2,1-2H3,(H,17,18). The van der Waals surface area contributed by atoms with Gasteiger partial charge < -0.3 is 11.1 Å². The first kappa shape index (κ1) is 14.8. The Morgan fingerprint density at radius 3 is 2.25 bits per heavy atom. The fourth-order valence-electron chi connectivity index (χ4n) is 1.68. The number of nitrogens with one attached hydrogen (secondary N) is 1. The van der Waals surface area contributed by atoms with Crippen LogP contribution in [-0.4, -0.2) is 12.2 Å². The summed E-state index contributed by atoms with van der Waals surface area (Å²) >= 11 is 3.36. The zero-order valence-electron chi connectivity index (χ0n) is 11.3. The maximum atomic E-state index is 11.1. The third-order valence-electron chi connectivity index (χ3n) is 2.63. The van der Waals surface area contributed by atoms with Crippen LogP contribution in [0.25, 0.3) is 0 Å². The molecule has 2 aromatic carbocycles. The second kappa shape index (κ2) is 6.72. The van der Waals surface area contributed by atoms with Crippen molar-refractivity contribution in [1.29, 1.82) is 0 Å². The maximum absolute atomic E-state index is 11.1. The van der Waals surface area contributed by atoms with Gasteiger partial charge in [-0.2, -0.15) is 0 Å². The Bertz CT molecular complexity index is 612. The van der Waals surface area contributed by atoms with E-state index >= 15 is 0 Å². The van der Waals surface area contributed by atoms with Gasteiger partial charge in [0.25, 0.3) is 0 Å². The molecule has 0 aliphatic heterocycles. The predicted octanol–water partition coefficient (Wildman–Crippen LogP) is 4.10. The van der Waals surface area contributed by atoms with E-state index in [1.54, 1.807) is 23.5 Å². The third-order valence-corrected chi connectivity index (χ3v) is 4.37. The highest BCUT2D eigenvalue weighted by Gasteiger charge is 2.04. The summed E-state index contributed by atoms with van der Waals surface area (Å²) in [6, 6.07) is 14.0. The number of carbonyl (C=O) groups is 1. The minimum absolute atomic E-state index is 0.122. The fraction of sp³-hybridized carbons (Fsp3) is 0.133. The summed E-state index contributed by atoms with van der Waals surface area (Å²) < 4.78 is 0. The Hall–Kier alpha value is -1.59. The van der Waals surface area contributed by atoms with Crippen molar-refractivity contribution in [3.8, 4) is 0 Å².